The molecule has 0 spiro atoms. The summed E-state index contributed by atoms with van der Waals surface area (Å²) in [7, 11) is 0. The summed E-state index contributed by atoms with van der Waals surface area (Å²) in [5.41, 5.74) is 4.35. The molecule has 0 radical (unpaired) electrons. The van der Waals surface area contributed by atoms with E-state index in [1.54, 1.807) is 13.8 Å². The van der Waals surface area contributed by atoms with Gasteiger partial charge in [-0.05, 0) is 67.6 Å². The number of carboxylic acids is 1. The fourth-order valence-corrected chi connectivity index (χ4v) is 3.51. The van der Waals surface area contributed by atoms with Gasteiger partial charge in [-0.15, -0.1) is 0 Å². The molecule has 4 aromatic rings. The molecular formula is C26H26N2O3. The summed E-state index contributed by atoms with van der Waals surface area (Å²) in [5.74, 6) is 0.560. The number of ether oxygens (including phenoxy) is 1. The Morgan fingerprint density at radius 1 is 0.968 bits per heavy atom. The lowest BCUT2D eigenvalue weighted by molar-refractivity contribution is -0.152. The van der Waals surface area contributed by atoms with Crippen LogP contribution in [0.25, 0.3) is 22.2 Å². The first kappa shape index (κ1) is 20.7. The second-order valence-electron chi connectivity index (χ2n) is 8.20. The van der Waals surface area contributed by atoms with Gasteiger partial charge in [0.1, 0.15) is 11.6 Å². The lowest BCUT2D eigenvalue weighted by Crippen LogP contribution is -2.37. The highest BCUT2D eigenvalue weighted by atomic mass is 16.5. The number of carbonyl (C=O) groups is 1. The quantitative estimate of drug-likeness (QED) is 0.391. The molecular weight excluding hydrogens is 388 g/mol. The molecule has 0 aliphatic carbocycles. The molecule has 0 saturated heterocycles. The third-order valence-corrected chi connectivity index (χ3v) is 5.33. The van der Waals surface area contributed by atoms with Crippen LogP contribution in [0.2, 0.25) is 0 Å². The molecule has 0 fully saturated rings. The lowest BCUT2D eigenvalue weighted by atomic mass is 10.1. The summed E-state index contributed by atoms with van der Waals surface area (Å²) in [6.45, 7) is 3.08. The van der Waals surface area contributed by atoms with Crippen molar-refractivity contribution < 1.29 is 14.6 Å². The number of imidazole rings is 1. The zero-order valence-electron chi connectivity index (χ0n) is 17.8. The second-order valence-corrected chi connectivity index (χ2v) is 8.20. The van der Waals surface area contributed by atoms with Gasteiger partial charge in [-0.2, -0.15) is 0 Å². The maximum atomic E-state index is 11.2. The fourth-order valence-electron chi connectivity index (χ4n) is 3.51. The van der Waals surface area contributed by atoms with E-state index in [0.717, 1.165) is 36.1 Å². The van der Waals surface area contributed by atoms with E-state index in [9.17, 15) is 9.90 Å². The molecule has 31 heavy (non-hydrogen) atoms. The Balaban J connectivity index is 1.36. The number of benzene rings is 3. The van der Waals surface area contributed by atoms with Crippen LogP contribution < -0.4 is 4.74 Å². The van der Waals surface area contributed by atoms with E-state index in [1.807, 2.05) is 42.5 Å². The van der Waals surface area contributed by atoms with Crippen molar-refractivity contribution >= 4 is 17.0 Å². The zero-order chi connectivity index (χ0) is 21.8. The zero-order valence-corrected chi connectivity index (χ0v) is 17.8. The largest absolute Gasteiger partial charge is 0.478 e. The normalized spacial score (nSPS) is 11.5. The maximum Gasteiger partial charge on any atom is 0.347 e. The van der Waals surface area contributed by atoms with E-state index >= 15 is 0 Å². The Labute approximate surface area is 181 Å². The average molecular weight is 415 g/mol. The number of nitrogens with one attached hydrogen (secondary N) is 1. The summed E-state index contributed by atoms with van der Waals surface area (Å²) < 4.78 is 5.55. The molecule has 5 heteroatoms. The first-order valence-corrected chi connectivity index (χ1v) is 10.5. The van der Waals surface area contributed by atoms with E-state index in [0.29, 0.717) is 5.75 Å². The van der Waals surface area contributed by atoms with E-state index in [-0.39, 0.29) is 0 Å². The first-order chi connectivity index (χ1) is 14.9. The molecule has 0 unspecified atom stereocenters. The van der Waals surface area contributed by atoms with Gasteiger partial charge in [0.15, 0.2) is 5.60 Å². The molecule has 2 N–H and O–H groups in total. The minimum atomic E-state index is -1.25. The predicted octanol–water partition coefficient (Wildman–Crippen LogP) is 5.65. The van der Waals surface area contributed by atoms with Crippen LogP contribution in [0, 0.1) is 0 Å². The molecule has 158 valence electrons. The third kappa shape index (κ3) is 4.94. The van der Waals surface area contributed by atoms with Crippen LogP contribution in [0.1, 0.15) is 31.7 Å². The standard InChI is InChI=1S/C26H26N2O3/c1-26(2,25(29)30)31-21-14-11-18(12-15-21)7-6-10-24-27-22-16-13-20(17-23(22)28-24)19-8-4-3-5-9-19/h3-5,8-9,11-17H,6-7,10H2,1-2H3,(H,27,28)(H,29,30). The summed E-state index contributed by atoms with van der Waals surface area (Å²) in [4.78, 5) is 19.4. The Morgan fingerprint density at radius 3 is 2.42 bits per heavy atom. The minimum Gasteiger partial charge on any atom is -0.478 e. The van der Waals surface area contributed by atoms with Crippen molar-refractivity contribution in [3.8, 4) is 16.9 Å². The first-order valence-electron chi connectivity index (χ1n) is 10.5. The van der Waals surface area contributed by atoms with Gasteiger partial charge in [0.05, 0.1) is 11.0 Å². The van der Waals surface area contributed by atoms with Crippen molar-refractivity contribution in [2.45, 2.75) is 38.7 Å². The van der Waals surface area contributed by atoms with Gasteiger partial charge in [-0.1, -0.05) is 48.5 Å². The molecule has 0 bridgehead atoms. The highest BCUT2D eigenvalue weighted by Gasteiger charge is 2.29. The van der Waals surface area contributed by atoms with Crippen molar-refractivity contribution in [1.82, 2.24) is 9.97 Å². The van der Waals surface area contributed by atoms with Gasteiger partial charge in [0.2, 0.25) is 0 Å². The molecule has 3 aromatic carbocycles. The summed E-state index contributed by atoms with van der Waals surface area (Å²) in [5, 5.41) is 9.17. The number of aliphatic carboxylic acids is 1. The number of aryl methyl sites for hydroxylation is 2. The van der Waals surface area contributed by atoms with Gasteiger partial charge in [0.25, 0.3) is 0 Å². The monoisotopic (exact) mass is 414 g/mol. The Morgan fingerprint density at radius 2 is 1.71 bits per heavy atom. The van der Waals surface area contributed by atoms with Crippen LogP contribution >= 0.6 is 0 Å². The fraction of sp³-hybridized carbons (Fsp3) is 0.231. The van der Waals surface area contributed by atoms with Crippen LogP contribution in [0.15, 0.2) is 72.8 Å². The van der Waals surface area contributed by atoms with Crippen LogP contribution in [0.4, 0.5) is 0 Å². The number of fused-ring (bicyclic) bond motifs is 1. The van der Waals surface area contributed by atoms with Crippen molar-refractivity contribution in [1.29, 1.82) is 0 Å². The SMILES string of the molecule is CC(C)(Oc1ccc(CCCc2nc3ccc(-c4ccccc4)cc3[nH]2)cc1)C(=O)O. The molecule has 0 saturated carbocycles. The van der Waals surface area contributed by atoms with E-state index in [1.165, 1.54) is 16.7 Å². The molecule has 1 aromatic heterocycles. The molecule has 0 aliphatic rings. The van der Waals surface area contributed by atoms with Crippen LogP contribution in [-0.4, -0.2) is 26.6 Å². The minimum absolute atomic E-state index is 0.558. The highest BCUT2D eigenvalue weighted by molar-refractivity contribution is 5.82. The van der Waals surface area contributed by atoms with Gasteiger partial charge < -0.3 is 14.8 Å². The molecule has 0 atom stereocenters. The van der Waals surface area contributed by atoms with E-state index in [4.69, 9.17) is 9.72 Å². The summed E-state index contributed by atoms with van der Waals surface area (Å²) in [6, 6.07) is 24.3. The number of H-pyrrole nitrogens is 1. The average Bonchev–Trinajstić information content (AvgIpc) is 3.17. The number of nitrogens with zero attached hydrogens (tertiary/aromatic N) is 1. The molecule has 1 heterocycles. The van der Waals surface area contributed by atoms with Crippen molar-refractivity contribution in [2.24, 2.45) is 0 Å². The van der Waals surface area contributed by atoms with E-state index in [2.05, 4.69) is 35.3 Å². The number of hydrogen-bond acceptors (Lipinski definition) is 3. The molecule has 0 aliphatic heterocycles. The Hall–Kier alpha value is -3.60. The molecule has 5 nitrogen and oxygen atoms in total. The summed E-state index contributed by atoms with van der Waals surface area (Å²) in [6.07, 6.45) is 2.74. The van der Waals surface area contributed by atoms with Crippen LogP contribution in [-0.2, 0) is 17.6 Å². The van der Waals surface area contributed by atoms with Crippen LogP contribution in [0.3, 0.4) is 0 Å². The van der Waals surface area contributed by atoms with Crippen molar-refractivity contribution in [3.63, 3.8) is 0 Å². The van der Waals surface area contributed by atoms with Gasteiger partial charge in [0, 0.05) is 6.42 Å². The number of aromatic nitrogens is 2. The Bertz CT molecular complexity index is 1180. The lowest BCUT2D eigenvalue weighted by Gasteiger charge is -2.21. The third-order valence-electron chi connectivity index (χ3n) is 5.33. The molecule has 0 amide bonds. The van der Waals surface area contributed by atoms with Gasteiger partial charge >= 0.3 is 5.97 Å². The highest BCUT2D eigenvalue weighted by Crippen LogP contribution is 2.24. The van der Waals surface area contributed by atoms with Crippen LogP contribution in [0.5, 0.6) is 5.75 Å². The number of hydrogen-bond donors (Lipinski definition) is 2. The second kappa shape index (κ2) is 8.64. The topological polar surface area (TPSA) is 75.2 Å². The number of aromatic amines is 1. The summed E-state index contributed by atoms with van der Waals surface area (Å²) >= 11 is 0. The number of carboxylic acid groups (broad SMARTS) is 1. The number of rotatable bonds is 8. The van der Waals surface area contributed by atoms with Gasteiger partial charge in [-0.3, -0.25) is 0 Å². The predicted molar refractivity (Wildman–Crippen MR) is 122 cm³/mol. The van der Waals surface area contributed by atoms with Crippen molar-refractivity contribution in [3.05, 3.63) is 84.2 Å². The van der Waals surface area contributed by atoms with Gasteiger partial charge in [-0.25, -0.2) is 9.78 Å². The van der Waals surface area contributed by atoms with Crippen molar-refractivity contribution in [2.75, 3.05) is 0 Å². The smallest absolute Gasteiger partial charge is 0.347 e. The molecule has 4 rings (SSSR count). The maximum absolute atomic E-state index is 11.2. The van der Waals surface area contributed by atoms with E-state index < -0.39 is 11.6 Å². The Kier molecular flexibility index (Phi) is 5.76.